The van der Waals surface area contributed by atoms with Gasteiger partial charge in [0.15, 0.2) is 16.8 Å². The molecule has 0 aliphatic rings. The van der Waals surface area contributed by atoms with Crippen molar-refractivity contribution in [1.29, 1.82) is 0 Å². The Morgan fingerprint density at radius 1 is 1.21 bits per heavy atom. The Labute approximate surface area is 173 Å². The van der Waals surface area contributed by atoms with Crippen LogP contribution < -0.4 is 5.32 Å². The van der Waals surface area contributed by atoms with Crippen molar-refractivity contribution in [2.45, 2.75) is 44.9 Å². The number of furan rings is 1. The Morgan fingerprint density at radius 2 is 1.97 bits per heavy atom. The topological polar surface area (TPSA) is 90.0 Å². The van der Waals surface area contributed by atoms with Gasteiger partial charge in [0.2, 0.25) is 5.91 Å². The van der Waals surface area contributed by atoms with Crippen LogP contribution in [-0.4, -0.2) is 38.2 Å². The number of benzene rings is 1. The summed E-state index contributed by atoms with van der Waals surface area (Å²) in [7, 11) is 0. The molecule has 0 bridgehead atoms. The molecular formula is C21H24N4O3S. The third-order valence-corrected chi connectivity index (χ3v) is 5.54. The molecule has 0 saturated carbocycles. The van der Waals surface area contributed by atoms with E-state index in [2.05, 4.69) is 15.5 Å². The van der Waals surface area contributed by atoms with E-state index in [-0.39, 0.29) is 17.4 Å². The van der Waals surface area contributed by atoms with Crippen molar-refractivity contribution >= 4 is 23.5 Å². The lowest BCUT2D eigenvalue weighted by atomic mass is 10.0. The van der Waals surface area contributed by atoms with Crippen LogP contribution in [0.25, 0.3) is 11.4 Å². The van der Waals surface area contributed by atoms with E-state index in [0.717, 1.165) is 16.9 Å². The zero-order valence-corrected chi connectivity index (χ0v) is 17.5. The standard InChI is InChI=1S/C21H24N4O3S/c1-4-25-20(17-10-11-28-15(17)3)23-24-21(25)29-13-19(27)22-18(14(2)26)12-16-8-6-5-7-9-16/h5-11,18H,4,12-13H2,1-3H3,(H,22,27)/t18-/m0/s1. The van der Waals surface area contributed by atoms with Crippen molar-refractivity contribution in [3.8, 4) is 11.4 Å². The Balaban J connectivity index is 1.63. The van der Waals surface area contributed by atoms with Crippen LogP contribution in [0.1, 0.15) is 25.2 Å². The number of amides is 1. The highest BCUT2D eigenvalue weighted by atomic mass is 32.2. The highest BCUT2D eigenvalue weighted by Gasteiger charge is 2.20. The Hall–Kier alpha value is -2.87. The minimum absolute atomic E-state index is 0.0679. The lowest BCUT2D eigenvalue weighted by Gasteiger charge is -2.16. The fourth-order valence-electron chi connectivity index (χ4n) is 3.01. The summed E-state index contributed by atoms with van der Waals surface area (Å²) in [5, 5.41) is 12.0. The van der Waals surface area contributed by atoms with Crippen molar-refractivity contribution < 1.29 is 14.0 Å². The van der Waals surface area contributed by atoms with Gasteiger partial charge in [0.05, 0.1) is 23.6 Å². The molecule has 0 aliphatic heterocycles. The summed E-state index contributed by atoms with van der Waals surface area (Å²) in [6.45, 7) is 6.03. The van der Waals surface area contributed by atoms with Crippen LogP contribution in [0.5, 0.6) is 0 Å². The number of rotatable bonds is 9. The molecule has 7 nitrogen and oxygen atoms in total. The maximum Gasteiger partial charge on any atom is 0.231 e. The lowest BCUT2D eigenvalue weighted by molar-refractivity contribution is -0.125. The molecule has 29 heavy (non-hydrogen) atoms. The zero-order chi connectivity index (χ0) is 20.8. The molecule has 3 aromatic rings. The molecule has 2 aromatic heterocycles. The van der Waals surface area contributed by atoms with Crippen molar-refractivity contribution in [1.82, 2.24) is 20.1 Å². The molecule has 1 N–H and O–H groups in total. The molecule has 1 amide bonds. The lowest BCUT2D eigenvalue weighted by Crippen LogP contribution is -2.42. The monoisotopic (exact) mass is 412 g/mol. The highest BCUT2D eigenvalue weighted by Crippen LogP contribution is 2.26. The Bertz CT molecular complexity index is 981. The molecule has 0 aliphatic carbocycles. The number of ketones is 1. The summed E-state index contributed by atoms with van der Waals surface area (Å²) in [5.41, 5.74) is 1.89. The van der Waals surface area contributed by atoms with E-state index in [0.29, 0.717) is 23.9 Å². The summed E-state index contributed by atoms with van der Waals surface area (Å²) >= 11 is 1.30. The first-order chi connectivity index (χ1) is 14.0. The van der Waals surface area contributed by atoms with Gasteiger partial charge in [-0.05, 0) is 38.8 Å². The summed E-state index contributed by atoms with van der Waals surface area (Å²) in [6.07, 6.45) is 2.09. The quantitative estimate of drug-likeness (QED) is 0.543. The molecule has 0 fully saturated rings. The van der Waals surface area contributed by atoms with E-state index in [1.165, 1.54) is 18.7 Å². The fraction of sp³-hybridized carbons (Fsp3) is 0.333. The van der Waals surface area contributed by atoms with Crippen LogP contribution >= 0.6 is 11.8 Å². The molecule has 0 spiro atoms. The van der Waals surface area contributed by atoms with Gasteiger partial charge in [-0.25, -0.2) is 0 Å². The highest BCUT2D eigenvalue weighted by molar-refractivity contribution is 7.99. The average molecular weight is 413 g/mol. The van der Waals surface area contributed by atoms with E-state index in [4.69, 9.17) is 4.42 Å². The van der Waals surface area contributed by atoms with Gasteiger partial charge in [0.1, 0.15) is 5.76 Å². The second-order valence-corrected chi connectivity index (χ2v) is 7.59. The number of hydrogen-bond donors (Lipinski definition) is 1. The van der Waals surface area contributed by atoms with Crippen LogP contribution in [0.15, 0.2) is 52.2 Å². The molecule has 152 valence electrons. The SMILES string of the molecule is CCn1c(SCC(=O)N[C@@H](Cc2ccccc2)C(C)=O)nnc1-c1ccoc1C. The molecule has 3 rings (SSSR count). The van der Waals surface area contributed by atoms with Crippen molar-refractivity contribution in [2.75, 3.05) is 5.75 Å². The predicted octanol–water partition coefficient (Wildman–Crippen LogP) is 3.28. The second-order valence-electron chi connectivity index (χ2n) is 6.65. The summed E-state index contributed by atoms with van der Waals surface area (Å²) in [4.78, 5) is 24.4. The minimum Gasteiger partial charge on any atom is -0.469 e. The normalized spacial score (nSPS) is 12.0. The maximum atomic E-state index is 12.5. The number of thioether (sulfide) groups is 1. The van der Waals surface area contributed by atoms with Crippen LogP contribution in [-0.2, 0) is 22.6 Å². The molecular weight excluding hydrogens is 388 g/mol. The van der Waals surface area contributed by atoms with Crippen LogP contribution in [0.4, 0.5) is 0 Å². The molecule has 1 aromatic carbocycles. The van der Waals surface area contributed by atoms with Gasteiger partial charge in [-0.15, -0.1) is 10.2 Å². The maximum absolute atomic E-state index is 12.5. The Morgan fingerprint density at radius 3 is 2.59 bits per heavy atom. The number of carbonyl (C=O) groups excluding carboxylic acids is 2. The number of carbonyl (C=O) groups is 2. The number of nitrogens with zero attached hydrogens (tertiary/aromatic N) is 3. The van der Waals surface area contributed by atoms with Gasteiger partial charge in [-0.2, -0.15) is 0 Å². The largest absolute Gasteiger partial charge is 0.469 e. The Kier molecular flexibility index (Phi) is 6.87. The molecule has 8 heteroatoms. The van der Waals surface area contributed by atoms with Crippen molar-refractivity contribution in [3.05, 3.63) is 54.0 Å². The van der Waals surface area contributed by atoms with Gasteiger partial charge in [-0.1, -0.05) is 42.1 Å². The van der Waals surface area contributed by atoms with Crippen molar-refractivity contribution in [2.24, 2.45) is 0 Å². The molecule has 0 radical (unpaired) electrons. The summed E-state index contributed by atoms with van der Waals surface area (Å²) < 4.78 is 7.30. The minimum atomic E-state index is -0.543. The van der Waals surface area contributed by atoms with Crippen LogP contribution in [0.2, 0.25) is 0 Å². The van der Waals surface area contributed by atoms with Gasteiger partial charge in [0, 0.05) is 6.54 Å². The molecule has 2 heterocycles. The van der Waals surface area contributed by atoms with Gasteiger partial charge >= 0.3 is 0 Å². The number of hydrogen-bond acceptors (Lipinski definition) is 6. The molecule has 0 unspecified atom stereocenters. The van der Waals surface area contributed by atoms with E-state index in [1.807, 2.05) is 54.8 Å². The van der Waals surface area contributed by atoms with Crippen LogP contribution in [0, 0.1) is 6.92 Å². The zero-order valence-electron chi connectivity index (χ0n) is 16.7. The van der Waals surface area contributed by atoms with Crippen LogP contribution in [0.3, 0.4) is 0 Å². The average Bonchev–Trinajstić information content (AvgIpc) is 3.31. The number of aromatic nitrogens is 3. The van der Waals surface area contributed by atoms with Gasteiger partial charge in [-0.3, -0.25) is 9.59 Å². The molecule has 1 atom stereocenters. The first-order valence-corrected chi connectivity index (χ1v) is 10.4. The van der Waals surface area contributed by atoms with E-state index in [1.54, 1.807) is 6.26 Å². The van der Waals surface area contributed by atoms with E-state index in [9.17, 15) is 9.59 Å². The smallest absolute Gasteiger partial charge is 0.231 e. The van der Waals surface area contributed by atoms with E-state index < -0.39 is 6.04 Å². The summed E-state index contributed by atoms with van der Waals surface area (Å²) in [5.74, 6) is 1.36. The predicted molar refractivity (Wildman–Crippen MR) is 112 cm³/mol. The second kappa shape index (κ2) is 9.56. The van der Waals surface area contributed by atoms with Crippen molar-refractivity contribution in [3.63, 3.8) is 0 Å². The van der Waals surface area contributed by atoms with Gasteiger partial charge in [0.25, 0.3) is 0 Å². The van der Waals surface area contributed by atoms with E-state index >= 15 is 0 Å². The first kappa shape index (κ1) is 20.9. The fourth-order valence-corrected chi connectivity index (χ4v) is 3.82. The number of nitrogens with one attached hydrogen (secondary N) is 1. The number of aryl methyl sites for hydroxylation is 1. The summed E-state index contributed by atoms with van der Waals surface area (Å²) in [6, 6.07) is 11.0. The third-order valence-electron chi connectivity index (χ3n) is 4.57. The molecule has 0 saturated heterocycles. The first-order valence-electron chi connectivity index (χ1n) is 9.43. The van der Waals surface area contributed by atoms with Gasteiger partial charge < -0.3 is 14.3 Å². The number of Topliss-reactive ketones (excluding diaryl/α,β-unsaturated/α-hetero) is 1. The third kappa shape index (κ3) is 5.14.